The number of halogens is 3. The second-order valence-corrected chi connectivity index (χ2v) is 6.47. The van der Waals surface area contributed by atoms with E-state index in [1.807, 2.05) is 0 Å². The molecule has 0 radical (unpaired) electrons. The van der Waals surface area contributed by atoms with Gasteiger partial charge in [-0.3, -0.25) is 9.48 Å². The summed E-state index contributed by atoms with van der Waals surface area (Å²) in [6.07, 6.45) is -2.94. The molecule has 0 unspecified atom stereocenters. The van der Waals surface area contributed by atoms with Crippen molar-refractivity contribution in [2.45, 2.75) is 13.1 Å². The van der Waals surface area contributed by atoms with Crippen molar-refractivity contribution < 1.29 is 22.4 Å². The molecule has 3 aromatic heterocycles. The summed E-state index contributed by atoms with van der Waals surface area (Å²) < 4.78 is 45.1. The number of anilines is 1. The number of benzene rings is 1. The number of rotatable bonds is 3. The number of aryl methyl sites for hydroxylation is 2. The van der Waals surface area contributed by atoms with Gasteiger partial charge in [0.15, 0.2) is 11.4 Å². The number of fused-ring (bicyclic) bond motifs is 1. The molecule has 9 heteroatoms. The van der Waals surface area contributed by atoms with Gasteiger partial charge in [0.2, 0.25) is 0 Å². The van der Waals surface area contributed by atoms with Gasteiger partial charge in [-0.05, 0) is 49.4 Å². The van der Waals surface area contributed by atoms with Crippen molar-refractivity contribution in [3.63, 3.8) is 0 Å². The number of pyridine rings is 1. The molecule has 1 amide bonds. The number of alkyl halides is 3. The average Bonchev–Trinajstić information content (AvgIpc) is 3.30. The number of aromatic nitrogens is 3. The Balaban J connectivity index is 1.75. The van der Waals surface area contributed by atoms with E-state index < -0.39 is 17.6 Å². The fourth-order valence-corrected chi connectivity index (χ4v) is 3.12. The number of hydrogen-bond acceptors (Lipinski definition) is 4. The molecule has 4 rings (SSSR count). The van der Waals surface area contributed by atoms with Gasteiger partial charge >= 0.3 is 6.18 Å². The first-order valence-electron chi connectivity index (χ1n) is 8.61. The van der Waals surface area contributed by atoms with E-state index in [4.69, 9.17) is 4.42 Å². The number of carbonyl (C=O) groups is 1. The number of nitrogens with zero attached hydrogens (tertiary/aromatic N) is 3. The summed E-state index contributed by atoms with van der Waals surface area (Å²) >= 11 is 0. The van der Waals surface area contributed by atoms with Crippen molar-refractivity contribution in [2.75, 3.05) is 5.32 Å². The van der Waals surface area contributed by atoms with E-state index >= 15 is 0 Å². The SMILES string of the molecule is Cc1nn(C)c2nc(-c3ccco3)cc(C(=O)Nc3ccc(C(F)(F)F)cc3)c12. The second-order valence-electron chi connectivity index (χ2n) is 6.47. The van der Waals surface area contributed by atoms with Gasteiger partial charge in [-0.25, -0.2) is 4.98 Å². The van der Waals surface area contributed by atoms with Crippen LogP contribution < -0.4 is 5.32 Å². The molecular formula is C20H15F3N4O2. The minimum Gasteiger partial charge on any atom is -0.463 e. The van der Waals surface area contributed by atoms with Crippen molar-refractivity contribution in [1.29, 1.82) is 0 Å². The Kier molecular flexibility index (Phi) is 4.37. The van der Waals surface area contributed by atoms with Gasteiger partial charge in [0.1, 0.15) is 5.69 Å². The molecule has 0 saturated carbocycles. The van der Waals surface area contributed by atoms with Gasteiger partial charge in [0.05, 0.1) is 28.5 Å². The van der Waals surface area contributed by atoms with Crippen molar-refractivity contribution in [1.82, 2.24) is 14.8 Å². The summed E-state index contributed by atoms with van der Waals surface area (Å²) in [5.41, 5.74) is 1.31. The molecule has 6 nitrogen and oxygen atoms in total. The maximum Gasteiger partial charge on any atom is 0.416 e. The largest absolute Gasteiger partial charge is 0.463 e. The molecule has 29 heavy (non-hydrogen) atoms. The molecule has 0 aliphatic heterocycles. The van der Waals surface area contributed by atoms with Crippen LogP contribution in [0.5, 0.6) is 0 Å². The smallest absolute Gasteiger partial charge is 0.416 e. The minimum atomic E-state index is -4.44. The summed E-state index contributed by atoms with van der Waals surface area (Å²) in [6, 6.07) is 9.26. The Morgan fingerprint density at radius 3 is 2.52 bits per heavy atom. The van der Waals surface area contributed by atoms with Crippen LogP contribution in [-0.2, 0) is 13.2 Å². The Morgan fingerprint density at radius 1 is 1.17 bits per heavy atom. The van der Waals surface area contributed by atoms with E-state index in [0.29, 0.717) is 33.7 Å². The zero-order valence-corrected chi connectivity index (χ0v) is 15.4. The summed E-state index contributed by atoms with van der Waals surface area (Å²) in [7, 11) is 1.71. The van der Waals surface area contributed by atoms with Crippen LogP contribution in [0.3, 0.4) is 0 Å². The fourth-order valence-electron chi connectivity index (χ4n) is 3.12. The first kappa shape index (κ1) is 18.7. The third-order valence-electron chi connectivity index (χ3n) is 4.46. The molecule has 0 saturated heterocycles. The molecule has 3 heterocycles. The van der Waals surface area contributed by atoms with Crippen molar-refractivity contribution in [3.05, 3.63) is 65.5 Å². The van der Waals surface area contributed by atoms with Crippen LogP contribution in [0.4, 0.5) is 18.9 Å². The van der Waals surface area contributed by atoms with Crippen LogP contribution in [0.25, 0.3) is 22.5 Å². The highest BCUT2D eigenvalue weighted by molar-refractivity contribution is 6.13. The lowest BCUT2D eigenvalue weighted by molar-refractivity contribution is -0.137. The Bertz CT molecular complexity index is 1190. The first-order valence-corrected chi connectivity index (χ1v) is 8.61. The molecule has 0 bridgehead atoms. The number of hydrogen-bond donors (Lipinski definition) is 1. The molecular weight excluding hydrogens is 385 g/mol. The lowest BCUT2D eigenvalue weighted by Crippen LogP contribution is -2.14. The maximum atomic E-state index is 13.0. The normalized spacial score (nSPS) is 11.8. The van der Waals surface area contributed by atoms with Gasteiger partial charge in [-0.2, -0.15) is 18.3 Å². The van der Waals surface area contributed by atoms with Crippen LogP contribution in [0.2, 0.25) is 0 Å². The number of nitrogens with one attached hydrogen (secondary N) is 1. The highest BCUT2D eigenvalue weighted by Gasteiger charge is 2.30. The van der Waals surface area contributed by atoms with E-state index in [2.05, 4.69) is 15.4 Å². The van der Waals surface area contributed by atoms with Gasteiger partial charge < -0.3 is 9.73 Å². The molecule has 0 atom stereocenters. The highest BCUT2D eigenvalue weighted by Crippen LogP contribution is 2.31. The number of amides is 1. The second kappa shape index (κ2) is 6.77. The molecule has 0 spiro atoms. The standard InChI is InChI=1S/C20H15F3N4O2/c1-11-17-14(19(28)24-13-7-5-12(6-8-13)20(21,22)23)10-15(16-4-3-9-29-16)25-18(17)27(2)26-11/h3-10H,1-2H3,(H,24,28). The minimum absolute atomic E-state index is 0.244. The molecule has 148 valence electrons. The van der Waals surface area contributed by atoms with E-state index in [0.717, 1.165) is 12.1 Å². The lowest BCUT2D eigenvalue weighted by atomic mass is 10.1. The third-order valence-corrected chi connectivity index (χ3v) is 4.46. The molecule has 1 aromatic carbocycles. The summed E-state index contributed by atoms with van der Waals surface area (Å²) in [6.45, 7) is 1.76. The summed E-state index contributed by atoms with van der Waals surface area (Å²) in [5.74, 6) is -0.00426. The molecule has 4 aromatic rings. The molecule has 1 N–H and O–H groups in total. The topological polar surface area (TPSA) is 73.0 Å². The predicted octanol–water partition coefficient (Wildman–Crippen LogP) is 4.81. The van der Waals surface area contributed by atoms with Gasteiger partial charge in [0.25, 0.3) is 5.91 Å². The van der Waals surface area contributed by atoms with E-state index in [1.54, 1.807) is 36.9 Å². The monoisotopic (exact) mass is 400 g/mol. The van der Waals surface area contributed by atoms with E-state index in [-0.39, 0.29) is 5.69 Å². The predicted molar refractivity (Wildman–Crippen MR) is 100 cm³/mol. The number of furan rings is 1. The Hall–Kier alpha value is -3.62. The van der Waals surface area contributed by atoms with Crippen molar-refractivity contribution in [3.8, 4) is 11.5 Å². The van der Waals surface area contributed by atoms with Gasteiger partial charge in [0, 0.05) is 12.7 Å². The Labute approximate surface area is 163 Å². The van der Waals surface area contributed by atoms with Crippen molar-refractivity contribution in [2.24, 2.45) is 7.05 Å². The molecule has 0 fully saturated rings. The van der Waals surface area contributed by atoms with Crippen molar-refractivity contribution >= 4 is 22.6 Å². The highest BCUT2D eigenvalue weighted by atomic mass is 19.4. The maximum absolute atomic E-state index is 13.0. The van der Waals surface area contributed by atoms with Gasteiger partial charge in [-0.15, -0.1) is 0 Å². The number of carbonyl (C=O) groups excluding carboxylic acids is 1. The quantitative estimate of drug-likeness (QED) is 0.536. The van der Waals surface area contributed by atoms with Crippen LogP contribution in [0.15, 0.2) is 53.1 Å². The van der Waals surface area contributed by atoms with E-state index in [1.165, 1.54) is 18.4 Å². The van der Waals surface area contributed by atoms with Crippen LogP contribution >= 0.6 is 0 Å². The van der Waals surface area contributed by atoms with E-state index in [9.17, 15) is 18.0 Å². The molecule has 0 aliphatic carbocycles. The zero-order valence-electron chi connectivity index (χ0n) is 15.4. The lowest BCUT2D eigenvalue weighted by Gasteiger charge is -2.10. The molecule has 0 aliphatic rings. The zero-order chi connectivity index (χ0) is 20.8. The van der Waals surface area contributed by atoms with Crippen LogP contribution in [0.1, 0.15) is 21.6 Å². The summed E-state index contributed by atoms with van der Waals surface area (Å²) in [5, 5.41) is 7.52. The third kappa shape index (κ3) is 3.46. The average molecular weight is 400 g/mol. The van der Waals surface area contributed by atoms with Crippen LogP contribution in [-0.4, -0.2) is 20.7 Å². The summed E-state index contributed by atoms with van der Waals surface area (Å²) in [4.78, 5) is 17.5. The first-order chi connectivity index (χ1) is 13.7. The van der Waals surface area contributed by atoms with Gasteiger partial charge in [-0.1, -0.05) is 0 Å². The Morgan fingerprint density at radius 2 is 1.90 bits per heavy atom. The fraction of sp³-hybridized carbons (Fsp3) is 0.150. The van der Waals surface area contributed by atoms with Crippen LogP contribution in [0, 0.1) is 6.92 Å².